The van der Waals surface area contributed by atoms with E-state index in [9.17, 15) is 9.90 Å². The fraction of sp³-hybridized carbons (Fsp3) is 0.227. The predicted molar refractivity (Wildman–Crippen MR) is 107 cm³/mol. The number of carbonyl (C=O) groups excluding carboxylic acids is 1. The van der Waals surface area contributed by atoms with Gasteiger partial charge in [-0.05, 0) is 35.6 Å². The molecule has 2 aliphatic rings. The number of rotatable bonds is 3. The third-order valence-electron chi connectivity index (χ3n) is 5.65. The number of methoxy groups -OCH3 is 1. The van der Waals surface area contributed by atoms with Gasteiger partial charge < -0.3 is 15.2 Å². The summed E-state index contributed by atoms with van der Waals surface area (Å²) in [4.78, 5) is 17.6. The maximum Gasteiger partial charge on any atom is 0.226 e. The summed E-state index contributed by atoms with van der Waals surface area (Å²) in [6.45, 7) is 0. The number of carbonyl (C=O) groups is 1. The molecule has 2 heterocycles. The maximum absolute atomic E-state index is 13.3. The Kier molecular flexibility index (Phi) is 4.08. The number of phenolic OH excluding ortho intramolecular Hbond substituents is 1. The molecule has 7 heteroatoms. The molecule has 5 rings (SSSR count). The monoisotopic (exact) mass is 388 g/mol. The van der Waals surface area contributed by atoms with E-state index in [4.69, 9.17) is 4.74 Å². The Labute approximate surface area is 167 Å². The van der Waals surface area contributed by atoms with E-state index in [1.807, 2.05) is 18.2 Å². The molecule has 7 nitrogen and oxygen atoms in total. The lowest BCUT2D eigenvalue weighted by atomic mass is 9.78. The van der Waals surface area contributed by atoms with E-state index in [1.165, 1.54) is 13.4 Å². The summed E-state index contributed by atoms with van der Waals surface area (Å²) in [6, 6.07) is 14.8. The zero-order valence-corrected chi connectivity index (χ0v) is 15.9. The fourth-order valence-electron chi connectivity index (χ4n) is 4.29. The molecule has 1 aliphatic carbocycles. The molecule has 29 heavy (non-hydrogen) atoms. The molecule has 0 unspecified atom stereocenters. The number of aromatic nitrogens is 3. The van der Waals surface area contributed by atoms with Gasteiger partial charge in [-0.2, -0.15) is 10.1 Å². The smallest absolute Gasteiger partial charge is 0.226 e. The van der Waals surface area contributed by atoms with Crippen LogP contribution in [-0.4, -0.2) is 32.8 Å². The number of allylic oxidation sites excluding steroid dienone is 2. The molecular formula is C22H20N4O3. The zero-order chi connectivity index (χ0) is 20.0. The summed E-state index contributed by atoms with van der Waals surface area (Å²) >= 11 is 0. The molecule has 1 aromatic heterocycles. The Morgan fingerprint density at radius 3 is 2.76 bits per heavy atom. The van der Waals surface area contributed by atoms with Gasteiger partial charge in [-0.15, -0.1) is 0 Å². The number of aromatic hydroxyl groups is 1. The third kappa shape index (κ3) is 2.86. The van der Waals surface area contributed by atoms with Crippen molar-refractivity contribution in [3.8, 4) is 11.5 Å². The van der Waals surface area contributed by atoms with E-state index in [0.29, 0.717) is 23.7 Å². The highest BCUT2D eigenvalue weighted by molar-refractivity contribution is 6.00. The average molecular weight is 388 g/mol. The number of anilines is 1. The number of nitrogens with one attached hydrogen (secondary N) is 1. The number of phenols is 1. The van der Waals surface area contributed by atoms with Crippen molar-refractivity contribution < 1.29 is 14.6 Å². The van der Waals surface area contributed by atoms with E-state index < -0.39 is 6.04 Å². The zero-order valence-electron chi connectivity index (χ0n) is 15.9. The Balaban J connectivity index is 1.61. The second-order valence-corrected chi connectivity index (χ2v) is 7.32. The lowest BCUT2D eigenvalue weighted by Crippen LogP contribution is -2.33. The lowest BCUT2D eigenvalue weighted by molar-refractivity contribution is -0.116. The van der Waals surface area contributed by atoms with Gasteiger partial charge in [0.15, 0.2) is 17.3 Å². The third-order valence-corrected chi connectivity index (χ3v) is 5.65. The number of ketones is 1. The van der Waals surface area contributed by atoms with Crippen LogP contribution in [0, 0.1) is 0 Å². The van der Waals surface area contributed by atoms with Gasteiger partial charge in [0.1, 0.15) is 12.4 Å². The molecule has 146 valence electrons. The molecule has 0 amide bonds. The average Bonchev–Trinajstić information content (AvgIpc) is 3.21. The number of benzene rings is 2. The van der Waals surface area contributed by atoms with Crippen molar-refractivity contribution in [3.63, 3.8) is 0 Å². The molecule has 0 fully saturated rings. The van der Waals surface area contributed by atoms with Crippen molar-refractivity contribution in [2.45, 2.75) is 24.8 Å². The number of nitrogens with zero attached hydrogens (tertiary/aromatic N) is 3. The Morgan fingerprint density at radius 2 is 1.97 bits per heavy atom. The number of ether oxygens (including phenoxy) is 1. The minimum absolute atomic E-state index is 0.0531. The molecule has 0 bridgehead atoms. The topological polar surface area (TPSA) is 89.3 Å². The normalized spacial score (nSPS) is 20.7. The first kappa shape index (κ1) is 17.5. The van der Waals surface area contributed by atoms with Crippen LogP contribution in [0.2, 0.25) is 0 Å². The minimum atomic E-state index is -0.414. The molecule has 3 aromatic rings. The van der Waals surface area contributed by atoms with E-state index in [2.05, 4.69) is 27.5 Å². The van der Waals surface area contributed by atoms with E-state index in [1.54, 1.807) is 22.9 Å². The Hall–Kier alpha value is -3.61. The molecular weight excluding hydrogens is 368 g/mol. The van der Waals surface area contributed by atoms with Gasteiger partial charge in [-0.25, -0.2) is 4.68 Å². The summed E-state index contributed by atoms with van der Waals surface area (Å²) in [7, 11) is 1.50. The molecule has 2 aromatic carbocycles. The molecule has 0 saturated carbocycles. The fourth-order valence-corrected chi connectivity index (χ4v) is 4.29. The van der Waals surface area contributed by atoms with Gasteiger partial charge in [0, 0.05) is 17.7 Å². The standard InChI is InChI=1S/C22H20N4O3/c1-29-19-11-14(7-8-17(19)27)21-20-16(25-22-23-12-24-26(21)22)9-15(10-18(20)28)13-5-3-2-4-6-13/h2-8,11-12,15,21,27H,9-10H2,1H3,(H,23,24,25)/t15-,21+/m1/s1. The summed E-state index contributed by atoms with van der Waals surface area (Å²) in [5.74, 6) is 1.22. The van der Waals surface area contributed by atoms with Gasteiger partial charge >= 0.3 is 0 Å². The minimum Gasteiger partial charge on any atom is -0.504 e. The highest BCUT2D eigenvalue weighted by atomic mass is 16.5. The van der Waals surface area contributed by atoms with Crippen LogP contribution in [-0.2, 0) is 4.79 Å². The van der Waals surface area contributed by atoms with Crippen molar-refractivity contribution in [2.75, 3.05) is 12.4 Å². The lowest BCUT2D eigenvalue weighted by Gasteiger charge is -2.35. The van der Waals surface area contributed by atoms with Crippen LogP contribution < -0.4 is 10.1 Å². The van der Waals surface area contributed by atoms with Crippen molar-refractivity contribution in [1.29, 1.82) is 0 Å². The molecule has 2 atom stereocenters. The highest BCUT2D eigenvalue weighted by Gasteiger charge is 2.39. The second kappa shape index (κ2) is 6.77. The van der Waals surface area contributed by atoms with Crippen molar-refractivity contribution >= 4 is 11.7 Å². The first-order chi connectivity index (χ1) is 14.2. The van der Waals surface area contributed by atoms with Gasteiger partial charge in [-0.1, -0.05) is 36.4 Å². The number of hydrogen-bond acceptors (Lipinski definition) is 6. The second-order valence-electron chi connectivity index (χ2n) is 7.32. The van der Waals surface area contributed by atoms with Crippen LogP contribution in [0.4, 0.5) is 5.95 Å². The summed E-state index contributed by atoms with van der Waals surface area (Å²) < 4.78 is 6.99. The Morgan fingerprint density at radius 1 is 1.14 bits per heavy atom. The van der Waals surface area contributed by atoms with Crippen LogP contribution >= 0.6 is 0 Å². The van der Waals surface area contributed by atoms with Gasteiger partial charge in [-0.3, -0.25) is 4.79 Å². The van der Waals surface area contributed by atoms with Crippen LogP contribution in [0.5, 0.6) is 11.5 Å². The van der Waals surface area contributed by atoms with Crippen molar-refractivity contribution in [3.05, 3.63) is 77.3 Å². The maximum atomic E-state index is 13.3. The van der Waals surface area contributed by atoms with Crippen LogP contribution in [0.25, 0.3) is 0 Å². The molecule has 0 saturated heterocycles. The highest BCUT2D eigenvalue weighted by Crippen LogP contribution is 2.44. The van der Waals surface area contributed by atoms with Gasteiger partial charge in [0.05, 0.1) is 7.11 Å². The SMILES string of the molecule is COc1cc([C@H]2C3=C(C[C@@H](c4ccccc4)CC3=O)Nc3ncnn32)ccc1O. The molecule has 1 aliphatic heterocycles. The summed E-state index contributed by atoms with van der Waals surface area (Å²) in [5.41, 5.74) is 3.55. The summed E-state index contributed by atoms with van der Waals surface area (Å²) in [6.07, 6.45) is 2.65. The van der Waals surface area contributed by atoms with Crippen molar-refractivity contribution in [1.82, 2.24) is 14.8 Å². The largest absolute Gasteiger partial charge is 0.504 e. The quantitative estimate of drug-likeness (QED) is 0.715. The van der Waals surface area contributed by atoms with Gasteiger partial charge in [0.2, 0.25) is 5.95 Å². The predicted octanol–water partition coefficient (Wildman–Crippen LogP) is 3.41. The van der Waals surface area contributed by atoms with Crippen LogP contribution in [0.3, 0.4) is 0 Å². The van der Waals surface area contributed by atoms with Crippen LogP contribution in [0.15, 0.2) is 66.1 Å². The molecule has 2 N–H and O–H groups in total. The van der Waals surface area contributed by atoms with Crippen LogP contribution in [0.1, 0.15) is 35.9 Å². The first-order valence-electron chi connectivity index (χ1n) is 9.50. The molecule has 0 spiro atoms. The number of Topliss-reactive ketones (excluding diaryl/α,β-unsaturated/α-hetero) is 1. The summed E-state index contributed by atoms with van der Waals surface area (Å²) in [5, 5.41) is 17.6. The van der Waals surface area contributed by atoms with Crippen molar-refractivity contribution in [2.24, 2.45) is 0 Å². The first-order valence-corrected chi connectivity index (χ1v) is 9.50. The molecule has 0 radical (unpaired) electrons. The van der Waals surface area contributed by atoms with Gasteiger partial charge in [0.25, 0.3) is 0 Å². The van der Waals surface area contributed by atoms with E-state index >= 15 is 0 Å². The number of hydrogen-bond donors (Lipinski definition) is 2. The Bertz CT molecular complexity index is 1120. The number of fused-ring (bicyclic) bond motifs is 1. The van der Waals surface area contributed by atoms with E-state index in [-0.39, 0.29) is 17.5 Å². The van der Waals surface area contributed by atoms with E-state index in [0.717, 1.165) is 23.2 Å².